The monoisotopic (exact) mass is 310 g/mol. The van der Waals surface area contributed by atoms with E-state index in [0.717, 1.165) is 18.6 Å². The van der Waals surface area contributed by atoms with Crippen molar-refractivity contribution < 1.29 is 23.2 Å². The number of carbonyl (C=O) groups is 1. The van der Waals surface area contributed by atoms with Gasteiger partial charge in [0.15, 0.2) is 11.6 Å². The molecule has 0 bridgehead atoms. The number of halogens is 2. The second kappa shape index (κ2) is 6.73. The lowest BCUT2D eigenvalue weighted by Crippen LogP contribution is -3.18. The van der Waals surface area contributed by atoms with Crippen LogP contribution in [0.1, 0.15) is 42.5 Å². The Hall–Kier alpha value is -1.49. The molecule has 2 saturated heterocycles. The Morgan fingerprint density at radius 3 is 2.77 bits per heavy atom. The van der Waals surface area contributed by atoms with E-state index in [4.69, 9.17) is 4.74 Å². The lowest BCUT2D eigenvalue weighted by molar-refractivity contribution is -0.940. The topological polar surface area (TPSA) is 30.7 Å². The molecule has 0 aliphatic carbocycles. The molecule has 1 aromatic rings. The van der Waals surface area contributed by atoms with Gasteiger partial charge >= 0.3 is 5.97 Å². The normalized spacial score (nSPS) is 28.0. The fourth-order valence-corrected chi connectivity index (χ4v) is 3.87. The largest absolute Gasteiger partial charge is 0.462 e. The summed E-state index contributed by atoms with van der Waals surface area (Å²) in [5.74, 6) is -2.15. The minimum absolute atomic E-state index is 0.0718. The number of benzene rings is 1. The van der Waals surface area contributed by atoms with E-state index < -0.39 is 17.6 Å². The van der Waals surface area contributed by atoms with Gasteiger partial charge in [0.2, 0.25) is 0 Å². The van der Waals surface area contributed by atoms with Gasteiger partial charge in [-0.3, -0.25) is 0 Å². The zero-order valence-corrected chi connectivity index (χ0v) is 12.6. The predicted molar refractivity (Wildman–Crippen MR) is 77.7 cm³/mol. The molecule has 1 N–H and O–H groups in total. The van der Waals surface area contributed by atoms with Crippen molar-refractivity contribution in [2.24, 2.45) is 5.92 Å². The molecule has 1 aromatic carbocycles. The van der Waals surface area contributed by atoms with Crippen LogP contribution in [0.2, 0.25) is 0 Å². The smallest absolute Gasteiger partial charge is 0.338 e. The molecule has 120 valence electrons. The number of rotatable bonds is 3. The molecule has 5 heteroatoms. The van der Waals surface area contributed by atoms with Crippen molar-refractivity contribution in [3.63, 3.8) is 0 Å². The van der Waals surface area contributed by atoms with E-state index in [9.17, 15) is 13.6 Å². The Morgan fingerprint density at radius 2 is 1.95 bits per heavy atom. The van der Waals surface area contributed by atoms with Crippen LogP contribution in [0.5, 0.6) is 0 Å². The van der Waals surface area contributed by atoms with Crippen LogP contribution in [0.4, 0.5) is 8.78 Å². The number of nitrogens with one attached hydrogen (secondary N) is 1. The Kier molecular flexibility index (Phi) is 4.71. The average molecular weight is 310 g/mol. The first-order valence-electron chi connectivity index (χ1n) is 8.12. The molecular weight excluding hydrogens is 288 g/mol. The minimum Gasteiger partial charge on any atom is -0.462 e. The summed E-state index contributed by atoms with van der Waals surface area (Å²) >= 11 is 0. The van der Waals surface area contributed by atoms with E-state index in [1.807, 2.05) is 0 Å². The fourth-order valence-electron chi connectivity index (χ4n) is 3.87. The lowest BCUT2D eigenvalue weighted by Gasteiger charge is -2.40. The first-order valence-corrected chi connectivity index (χ1v) is 8.12. The van der Waals surface area contributed by atoms with Crippen molar-refractivity contribution in [2.45, 2.75) is 38.1 Å². The molecule has 0 spiro atoms. The molecule has 0 amide bonds. The summed E-state index contributed by atoms with van der Waals surface area (Å²) < 4.78 is 31.4. The molecule has 22 heavy (non-hydrogen) atoms. The number of quaternary nitrogens is 1. The van der Waals surface area contributed by atoms with Crippen molar-refractivity contribution >= 4 is 5.97 Å². The van der Waals surface area contributed by atoms with Crippen LogP contribution < -0.4 is 4.90 Å². The first-order chi connectivity index (χ1) is 10.6. The van der Waals surface area contributed by atoms with Gasteiger partial charge in [-0.1, -0.05) is 0 Å². The highest BCUT2D eigenvalue weighted by Crippen LogP contribution is 2.21. The molecule has 3 atom stereocenters. The van der Waals surface area contributed by atoms with Crippen LogP contribution in [0.3, 0.4) is 0 Å². The first kappa shape index (κ1) is 15.4. The van der Waals surface area contributed by atoms with E-state index in [0.29, 0.717) is 18.6 Å². The van der Waals surface area contributed by atoms with Crippen molar-refractivity contribution in [3.05, 3.63) is 35.4 Å². The number of hydrogen-bond acceptors (Lipinski definition) is 2. The molecule has 2 aliphatic rings. The third kappa shape index (κ3) is 3.29. The quantitative estimate of drug-likeness (QED) is 0.865. The highest BCUT2D eigenvalue weighted by atomic mass is 19.2. The lowest BCUT2D eigenvalue weighted by atomic mass is 9.84. The van der Waals surface area contributed by atoms with Crippen LogP contribution in [0, 0.1) is 17.6 Å². The van der Waals surface area contributed by atoms with E-state index in [2.05, 4.69) is 0 Å². The number of fused-ring (bicyclic) bond motifs is 1. The van der Waals surface area contributed by atoms with E-state index in [-0.39, 0.29) is 5.56 Å². The molecule has 1 unspecified atom stereocenters. The molecule has 2 heterocycles. The number of ether oxygens (including phenoxy) is 1. The zero-order valence-electron chi connectivity index (χ0n) is 12.6. The van der Waals surface area contributed by atoms with Gasteiger partial charge in [0.1, 0.15) is 6.61 Å². The van der Waals surface area contributed by atoms with Crippen LogP contribution in [0.25, 0.3) is 0 Å². The zero-order chi connectivity index (χ0) is 15.5. The fraction of sp³-hybridized carbons (Fsp3) is 0.588. The third-order valence-corrected chi connectivity index (χ3v) is 5.01. The molecule has 2 aliphatic heterocycles. The van der Waals surface area contributed by atoms with E-state index in [1.165, 1.54) is 44.8 Å². The second-order valence-corrected chi connectivity index (χ2v) is 6.39. The van der Waals surface area contributed by atoms with Crippen molar-refractivity contribution in [2.75, 3.05) is 19.7 Å². The standard InChI is InChI=1S/C17H21F2NO2/c18-14-7-6-12(10-15(14)19)17(21)22-11-13-4-3-9-20-8-2-1-5-16(13)20/h6-7,10,13,16H,1-5,8-9,11H2/p+1/t13-,16-/m1/s1. The number of carbonyl (C=O) groups excluding carboxylic acids is 1. The summed E-state index contributed by atoms with van der Waals surface area (Å²) in [5.41, 5.74) is 0.0718. The predicted octanol–water partition coefficient (Wildman–Crippen LogP) is 1.97. The van der Waals surface area contributed by atoms with Gasteiger partial charge in [-0.15, -0.1) is 0 Å². The van der Waals surface area contributed by atoms with Crippen molar-refractivity contribution in [3.8, 4) is 0 Å². The van der Waals surface area contributed by atoms with E-state index in [1.54, 1.807) is 4.90 Å². The van der Waals surface area contributed by atoms with Crippen LogP contribution in [-0.4, -0.2) is 31.7 Å². The summed E-state index contributed by atoms with van der Waals surface area (Å²) in [5, 5.41) is 0. The average Bonchev–Trinajstić information content (AvgIpc) is 2.55. The summed E-state index contributed by atoms with van der Waals surface area (Å²) in [6, 6.07) is 3.70. The maximum absolute atomic E-state index is 13.2. The number of esters is 1. The molecule has 0 aromatic heterocycles. The Bertz CT molecular complexity index is 547. The van der Waals surface area contributed by atoms with Gasteiger partial charge in [-0.2, -0.15) is 0 Å². The van der Waals surface area contributed by atoms with Gasteiger partial charge < -0.3 is 9.64 Å². The molecule has 0 saturated carbocycles. The molecule has 3 nitrogen and oxygen atoms in total. The summed E-state index contributed by atoms with van der Waals surface area (Å²) in [6.45, 7) is 2.82. The summed E-state index contributed by atoms with van der Waals surface area (Å²) in [4.78, 5) is 13.6. The van der Waals surface area contributed by atoms with Crippen LogP contribution in [-0.2, 0) is 4.74 Å². The number of hydrogen-bond donors (Lipinski definition) is 1. The molecular formula is C17H22F2NO2+. The van der Waals surface area contributed by atoms with E-state index >= 15 is 0 Å². The Balaban J connectivity index is 1.59. The van der Waals surface area contributed by atoms with Crippen LogP contribution >= 0.6 is 0 Å². The van der Waals surface area contributed by atoms with Gasteiger partial charge in [-0.05, 0) is 50.3 Å². The maximum atomic E-state index is 13.2. The van der Waals surface area contributed by atoms with Crippen LogP contribution in [0.15, 0.2) is 18.2 Å². The Labute approximate surface area is 129 Å². The van der Waals surface area contributed by atoms with Crippen molar-refractivity contribution in [1.29, 1.82) is 0 Å². The highest BCUT2D eigenvalue weighted by molar-refractivity contribution is 5.89. The van der Waals surface area contributed by atoms with Gasteiger partial charge in [-0.25, -0.2) is 13.6 Å². The second-order valence-electron chi connectivity index (χ2n) is 6.39. The minimum atomic E-state index is -1.02. The van der Waals surface area contributed by atoms with Crippen molar-refractivity contribution in [1.82, 2.24) is 0 Å². The SMILES string of the molecule is O=C(OC[C@H]1CCC[NH+]2CCCC[C@H]12)c1ccc(F)c(F)c1. The number of piperidine rings is 2. The van der Waals surface area contributed by atoms with Gasteiger partial charge in [0, 0.05) is 5.92 Å². The van der Waals surface area contributed by atoms with Gasteiger partial charge in [0.05, 0.1) is 24.7 Å². The molecule has 3 rings (SSSR count). The molecule has 0 radical (unpaired) electrons. The third-order valence-electron chi connectivity index (χ3n) is 5.01. The summed E-state index contributed by atoms with van der Waals surface area (Å²) in [6.07, 6.45) is 5.98. The highest BCUT2D eigenvalue weighted by Gasteiger charge is 2.37. The Morgan fingerprint density at radius 1 is 1.14 bits per heavy atom. The summed E-state index contributed by atoms with van der Waals surface area (Å²) in [7, 11) is 0. The maximum Gasteiger partial charge on any atom is 0.338 e. The van der Waals surface area contributed by atoms with Gasteiger partial charge in [0.25, 0.3) is 0 Å². The molecule has 2 fully saturated rings.